The maximum absolute atomic E-state index is 10.1. The molecule has 1 N–H and O–H groups in total. The number of halogens is 1. The van der Waals surface area contributed by atoms with E-state index >= 15 is 0 Å². The molecule has 3 atom stereocenters. The number of aliphatic hydroxyl groups is 1. The van der Waals surface area contributed by atoms with Gasteiger partial charge >= 0.3 is 0 Å². The molecule has 106 valence electrons. The number of aliphatic hydroxyl groups excluding tert-OH is 1. The predicted octanol–water partition coefficient (Wildman–Crippen LogP) is 3.68. The summed E-state index contributed by atoms with van der Waals surface area (Å²) in [5, 5.41) is 10.1. The molecule has 0 aromatic heterocycles. The predicted molar refractivity (Wildman–Crippen MR) is 83.0 cm³/mol. The average Bonchev–Trinajstić information content (AvgIpc) is 2.37. The molecule has 0 radical (unpaired) electrons. The Balaban J connectivity index is 1.86. The van der Waals surface area contributed by atoms with Crippen LogP contribution in [0.2, 0.25) is 0 Å². The van der Waals surface area contributed by atoms with E-state index in [-0.39, 0.29) is 6.10 Å². The van der Waals surface area contributed by atoms with Crippen LogP contribution in [0.15, 0.2) is 28.7 Å². The maximum Gasteiger partial charge on any atom is 0.0580 e. The Bertz CT molecular complexity index is 392. The van der Waals surface area contributed by atoms with Gasteiger partial charge in [-0.2, -0.15) is 0 Å². The number of nitrogens with zero attached hydrogens (tertiary/aromatic N) is 1. The van der Waals surface area contributed by atoms with Gasteiger partial charge in [0.15, 0.2) is 0 Å². The number of benzene rings is 1. The molecule has 0 saturated heterocycles. The highest BCUT2D eigenvalue weighted by molar-refractivity contribution is 9.10. The van der Waals surface area contributed by atoms with Crippen molar-refractivity contribution < 1.29 is 5.11 Å². The quantitative estimate of drug-likeness (QED) is 0.912. The molecule has 3 unspecified atom stereocenters. The fraction of sp³-hybridized carbons (Fsp3) is 0.625. The van der Waals surface area contributed by atoms with E-state index in [0.29, 0.717) is 5.92 Å². The molecule has 1 saturated carbocycles. The normalized spacial score (nSPS) is 27.7. The third-order valence-corrected chi connectivity index (χ3v) is 4.65. The van der Waals surface area contributed by atoms with Crippen LogP contribution < -0.4 is 0 Å². The molecule has 19 heavy (non-hydrogen) atoms. The van der Waals surface area contributed by atoms with Crippen molar-refractivity contribution in [3.05, 3.63) is 34.3 Å². The first-order chi connectivity index (χ1) is 9.04. The van der Waals surface area contributed by atoms with Crippen molar-refractivity contribution in [3.63, 3.8) is 0 Å². The van der Waals surface area contributed by atoms with Crippen LogP contribution in [0.3, 0.4) is 0 Å². The van der Waals surface area contributed by atoms with Crippen LogP contribution in [0.5, 0.6) is 0 Å². The summed E-state index contributed by atoms with van der Waals surface area (Å²) < 4.78 is 1.12. The zero-order valence-electron chi connectivity index (χ0n) is 11.8. The Morgan fingerprint density at radius 3 is 2.63 bits per heavy atom. The molecular weight excluding hydrogens is 302 g/mol. The molecule has 1 fully saturated rings. The fourth-order valence-electron chi connectivity index (χ4n) is 3.05. The van der Waals surface area contributed by atoms with Gasteiger partial charge in [-0.1, -0.05) is 35.0 Å². The van der Waals surface area contributed by atoms with Crippen LogP contribution >= 0.6 is 15.9 Å². The van der Waals surface area contributed by atoms with E-state index in [0.717, 1.165) is 36.3 Å². The minimum atomic E-state index is -0.108. The molecule has 1 aliphatic rings. The van der Waals surface area contributed by atoms with Crippen molar-refractivity contribution in [2.45, 2.75) is 38.8 Å². The highest BCUT2D eigenvalue weighted by Crippen LogP contribution is 2.29. The van der Waals surface area contributed by atoms with Gasteiger partial charge in [-0.05, 0) is 55.8 Å². The molecule has 1 aliphatic carbocycles. The van der Waals surface area contributed by atoms with E-state index in [9.17, 15) is 5.11 Å². The number of hydrogen-bond donors (Lipinski definition) is 1. The minimum absolute atomic E-state index is 0.108. The second-order valence-corrected chi connectivity index (χ2v) is 6.98. The van der Waals surface area contributed by atoms with Crippen LogP contribution in [0.1, 0.15) is 31.7 Å². The topological polar surface area (TPSA) is 23.5 Å². The van der Waals surface area contributed by atoms with Crippen molar-refractivity contribution in [2.75, 3.05) is 13.6 Å². The zero-order valence-corrected chi connectivity index (χ0v) is 13.4. The third-order valence-electron chi connectivity index (χ3n) is 4.12. The monoisotopic (exact) mass is 325 g/mol. The average molecular weight is 326 g/mol. The Kier molecular flexibility index (Phi) is 5.43. The molecule has 0 aliphatic heterocycles. The molecule has 2 nitrogen and oxygen atoms in total. The van der Waals surface area contributed by atoms with Crippen LogP contribution in [0.25, 0.3) is 0 Å². The Morgan fingerprint density at radius 2 is 1.95 bits per heavy atom. The summed E-state index contributed by atoms with van der Waals surface area (Å²) in [6.07, 6.45) is 3.20. The SMILES string of the molecule is CC1CCC(O)C(CN(C)Cc2ccc(Br)cc2)C1. The summed E-state index contributed by atoms with van der Waals surface area (Å²) in [5.74, 6) is 1.19. The summed E-state index contributed by atoms with van der Waals surface area (Å²) in [6.45, 7) is 4.24. The van der Waals surface area contributed by atoms with E-state index in [1.165, 1.54) is 12.0 Å². The first-order valence-electron chi connectivity index (χ1n) is 7.15. The van der Waals surface area contributed by atoms with Crippen LogP contribution in [0.4, 0.5) is 0 Å². The van der Waals surface area contributed by atoms with Crippen LogP contribution in [0, 0.1) is 11.8 Å². The lowest BCUT2D eigenvalue weighted by Crippen LogP contribution is -2.36. The molecule has 1 aromatic carbocycles. The summed E-state index contributed by atoms with van der Waals surface area (Å²) in [4.78, 5) is 2.33. The summed E-state index contributed by atoms with van der Waals surface area (Å²) >= 11 is 3.46. The first kappa shape index (κ1) is 15.0. The van der Waals surface area contributed by atoms with Crippen LogP contribution in [-0.2, 0) is 6.54 Å². The van der Waals surface area contributed by atoms with Gasteiger partial charge in [0.25, 0.3) is 0 Å². The Labute approximate surface area is 124 Å². The van der Waals surface area contributed by atoms with Gasteiger partial charge in [0, 0.05) is 17.6 Å². The zero-order chi connectivity index (χ0) is 13.8. The number of rotatable bonds is 4. The smallest absolute Gasteiger partial charge is 0.0580 e. The minimum Gasteiger partial charge on any atom is -0.393 e. The number of hydrogen-bond acceptors (Lipinski definition) is 2. The summed E-state index contributed by atoms with van der Waals surface area (Å²) in [7, 11) is 2.15. The van der Waals surface area contributed by atoms with Gasteiger partial charge in [0.2, 0.25) is 0 Å². The van der Waals surface area contributed by atoms with Crippen molar-refractivity contribution in [3.8, 4) is 0 Å². The standard InChI is InChI=1S/C16H24BrNO/c1-12-3-8-16(19)14(9-12)11-18(2)10-13-4-6-15(17)7-5-13/h4-7,12,14,16,19H,3,8-11H2,1-2H3. The van der Waals surface area contributed by atoms with Gasteiger partial charge in [0.1, 0.15) is 0 Å². The van der Waals surface area contributed by atoms with E-state index < -0.39 is 0 Å². The van der Waals surface area contributed by atoms with Gasteiger partial charge in [-0.3, -0.25) is 0 Å². The largest absolute Gasteiger partial charge is 0.393 e. The van der Waals surface area contributed by atoms with Crippen molar-refractivity contribution in [2.24, 2.45) is 11.8 Å². The van der Waals surface area contributed by atoms with Crippen molar-refractivity contribution in [1.82, 2.24) is 4.90 Å². The molecule has 0 heterocycles. The molecule has 0 amide bonds. The van der Waals surface area contributed by atoms with Gasteiger partial charge in [-0.25, -0.2) is 0 Å². The second-order valence-electron chi connectivity index (χ2n) is 6.07. The molecule has 2 rings (SSSR count). The molecule has 0 spiro atoms. The molecule has 1 aromatic rings. The molecule has 3 heteroatoms. The summed E-state index contributed by atoms with van der Waals surface area (Å²) in [5.41, 5.74) is 1.32. The van der Waals surface area contributed by atoms with Crippen molar-refractivity contribution >= 4 is 15.9 Å². The van der Waals surface area contributed by atoms with Crippen molar-refractivity contribution in [1.29, 1.82) is 0 Å². The Morgan fingerprint density at radius 1 is 1.26 bits per heavy atom. The lowest BCUT2D eigenvalue weighted by Gasteiger charge is -2.34. The third kappa shape index (κ3) is 4.59. The molecule has 0 bridgehead atoms. The van der Waals surface area contributed by atoms with E-state index in [1.54, 1.807) is 0 Å². The second kappa shape index (κ2) is 6.87. The lowest BCUT2D eigenvalue weighted by atomic mass is 9.80. The van der Waals surface area contributed by atoms with E-state index in [1.807, 2.05) is 0 Å². The lowest BCUT2D eigenvalue weighted by molar-refractivity contribution is 0.0338. The van der Waals surface area contributed by atoms with E-state index in [2.05, 4.69) is 59.1 Å². The van der Waals surface area contributed by atoms with Gasteiger partial charge < -0.3 is 10.0 Å². The van der Waals surface area contributed by atoms with Gasteiger partial charge in [-0.15, -0.1) is 0 Å². The maximum atomic E-state index is 10.1. The fourth-order valence-corrected chi connectivity index (χ4v) is 3.31. The summed E-state index contributed by atoms with van der Waals surface area (Å²) in [6, 6.07) is 8.47. The Hall–Kier alpha value is -0.380. The van der Waals surface area contributed by atoms with Gasteiger partial charge in [0.05, 0.1) is 6.10 Å². The molecular formula is C16H24BrNO. The highest BCUT2D eigenvalue weighted by atomic mass is 79.9. The van der Waals surface area contributed by atoms with Crippen LogP contribution in [-0.4, -0.2) is 29.7 Å². The first-order valence-corrected chi connectivity index (χ1v) is 7.95. The van der Waals surface area contributed by atoms with E-state index in [4.69, 9.17) is 0 Å². The highest BCUT2D eigenvalue weighted by Gasteiger charge is 2.27.